The first-order chi connectivity index (χ1) is 8.55. The van der Waals surface area contributed by atoms with Crippen LogP contribution in [0.25, 0.3) is 0 Å². The van der Waals surface area contributed by atoms with Crippen molar-refractivity contribution < 1.29 is 4.74 Å². The average molecular weight is 258 g/mol. The number of rotatable bonds is 11. The Morgan fingerprint density at radius 2 is 1.94 bits per heavy atom. The third kappa shape index (κ3) is 5.68. The van der Waals surface area contributed by atoms with Crippen LogP contribution in [0.3, 0.4) is 0 Å². The van der Waals surface area contributed by atoms with E-state index in [9.17, 15) is 0 Å². The van der Waals surface area contributed by atoms with Crippen molar-refractivity contribution in [2.24, 2.45) is 5.73 Å². The predicted octanol–water partition coefficient (Wildman–Crippen LogP) is 3.03. The first-order valence-corrected chi connectivity index (χ1v) is 7.51. The van der Waals surface area contributed by atoms with Crippen LogP contribution in [0, 0.1) is 0 Å². The number of methoxy groups -OCH3 is 1. The highest BCUT2D eigenvalue weighted by molar-refractivity contribution is 4.89. The van der Waals surface area contributed by atoms with Crippen molar-refractivity contribution in [2.45, 2.75) is 71.4 Å². The lowest BCUT2D eigenvalue weighted by atomic mass is 9.90. The van der Waals surface area contributed by atoms with Gasteiger partial charge in [0.25, 0.3) is 0 Å². The minimum absolute atomic E-state index is 0.114. The summed E-state index contributed by atoms with van der Waals surface area (Å²) in [5.74, 6) is 0. The highest BCUT2D eigenvalue weighted by atomic mass is 16.5. The summed E-state index contributed by atoms with van der Waals surface area (Å²) in [5, 5.41) is 0. The average Bonchev–Trinajstić information content (AvgIpc) is 2.39. The fourth-order valence-electron chi connectivity index (χ4n) is 2.55. The maximum atomic E-state index is 6.07. The van der Waals surface area contributed by atoms with Gasteiger partial charge in [-0.2, -0.15) is 0 Å². The van der Waals surface area contributed by atoms with E-state index in [1.165, 1.54) is 25.7 Å². The van der Waals surface area contributed by atoms with Crippen LogP contribution in [0.15, 0.2) is 0 Å². The minimum Gasteiger partial charge on any atom is -0.383 e. The molecule has 0 aromatic carbocycles. The van der Waals surface area contributed by atoms with E-state index in [2.05, 4.69) is 32.6 Å². The lowest BCUT2D eigenvalue weighted by Crippen LogP contribution is -2.56. The lowest BCUT2D eigenvalue weighted by molar-refractivity contribution is 0.0309. The largest absolute Gasteiger partial charge is 0.383 e. The van der Waals surface area contributed by atoms with Gasteiger partial charge in [0.2, 0.25) is 0 Å². The molecule has 0 aliphatic rings. The smallest absolute Gasteiger partial charge is 0.0590 e. The molecule has 0 aliphatic heterocycles. The van der Waals surface area contributed by atoms with Crippen LogP contribution in [-0.2, 0) is 4.74 Å². The van der Waals surface area contributed by atoms with Gasteiger partial charge in [0, 0.05) is 31.8 Å². The van der Waals surface area contributed by atoms with Gasteiger partial charge in [0.1, 0.15) is 0 Å². The molecule has 0 heterocycles. The highest BCUT2D eigenvalue weighted by Crippen LogP contribution is 2.25. The zero-order valence-electron chi connectivity index (χ0n) is 13.2. The molecule has 0 fully saturated rings. The van der Waals surface area contributed by atoms with Crippen molar-refractivity contribution in [3.63, 3.8) is 0 Å². The molecule has 0 saturated heterocycles. The Morgan fingerprint density at radius 3 is 2.39 bits per heavy atom. The van der Waals surface area contributed by atoms with Gasteiger partial charge < -0.3 is 10.5 Å². The van der Waals surface area contributed by atoms with E-state index >= 15 is 0 Å². The summed E-state index contributed by atoms with van der Waals surface area (Å²) in [6, 6.07) is 0.565. The monoisotopic (exact) mass is 258 g/mol. The van der Waals surface area contributed by atoms with Gasteiger partial charge in [0.15, 0.2) is 0 Å². The molecule has 0 aromatic heterocycles. The Morgan fingerprint density at radius 1 is 1.28 bits per heavy atom. The summed E-state index contributed by atoms with van der Waals surface area (Å²) in [6.45, 7) is 11.6. The van der Waals surface area contributed by atoms with E-state index in [-0.39, 0.29) is 5.54 Å². The van der Waals surface area contributed by atoms with Crippen molar-refractivity contribution in [1.29, 1.82) is 0 Å². The van der Waals surface area contributed by atoms with Gasteiger partial charge in [-0.3, -0.25) is 4.90 Å². The number of nitrogens with zero attached hydrogens (tertiary/aromatic N) is 1. The molecule has 110 valence electrons. The molecule has 0 amide bonds. The number of nitrogens with two attached hydrogens (primary N) is 1. The maximum absolute atomic E-state index is 6.07. The van der Waals surface area contributed by atoms with Crippen molar-refractivity contribution in [1.82, 2.24) is 4.90 Å². The molecule has 2 N–H and O–H groups in total. The normalized spacial score (nSPS) is 16.8. The van der Waals surface area contributed by atoms with Gasteiger partial charge in [-0.1, -0.05) is 33.1 Å². The van der Waals surface area contributed by atoms with E-state index in [0.717, 1.165) is 26.1 Å². The molecule has 0 spiro atoms. The van der Waals surface area contributed by atoms with Crippen LogP contribution in [0.5, 0.6) is 0 Å². The van der Waals surface area contributed by atoms with E-state index in [4.69, 9.17) is 10.5 Å². The number of hydrogen-bond acceptors (Lipinski definition) is 3. The molecular formula is C15H34N2O. The van der Waals surface area contributed by atoms with Crippen molar-refractivity contribution >= 4 is 0 Å². The molecule has 3 nitrogen and oxygen atoms in total. The summed E-state index contributed by atoms with van der Waals surface area (Å²) in [6.07, 6.45) is 6.18. The summed E-state index contributed by atoms with van der Waals surface area (Å²) in [5.41, 5.74) is 6.19. The highest BCUT2D eigenvalue weighted by Gasteiger charge is 2.32. The molecule has 2 unspecified atom stereocenters. The lowest BCUT2D eigenvalue weighted by Gasteiger charge is -2.44. The summed E-state index contributed by atoms with van der Waals surface area (Å²) >= 11 is 0. The van der Waals surface area contributed by atoms with Gasteiger partial charge in [-0.25, -0.2) is 0 Å². The Balaban J connectivity index is 4.64. The van der Waals surface area contributed by atoms with Crippen LogP contribution in [0.4, 0.5) is 0 Å². The van der Waals surface area contributed by atoms with Crippen molar-refractivity contribution in [2.75, 3.05) is 26.8 Å². The van der Waals surface area contributed by atoms with E-state index in [0.29, 0.717) is 6.04 Å². The van der Waals surface area contributed by atoms with E-state index in [1.54, 1.807) is 7.11 Å². The molecule has 2 atom stereocenters. The second-order valence-electron chi connectivity index (χ2n) is 5.60. The van der Waals surface area contributed by atoms with Gasteiger partial charge in [-0.15, -0.1) is 0 Å². The molecule has 0 saturated carbocycles. The van der Waals surface area contributed by atoms with Gasteiger partial charge in [-0.05, 0) is 26.7 Å². The topological polar surface area (TPSA) is 38.5 Å². The molecule has 0 radical (unpaired) electrons. The third-order valence-corrected chi connectivity index (χ3v) is 4.11. The molecular weight excluding hydrogens is 224 g/mol. The van der Waals surface area contributed by atoms with E-state index in [1.807, 2.05) is 0 Å². The zero-order valence-corrected chi connectivity index (χ0v) is 13.2. The Bertz CT molecular complexity index is 199. The number of unbranched alkanes of at least 4 members (excludes halogenated alkanes) is 2. The summed E-state index contributed by atoms with van der Waals surface area (Å²) < 4.78 is 5.25. The summed E-state index contributed by atoms with van der Waals surface area (Å²) in [7, 11) is 1.77. The maximum Gasteiger partial charge on any atom is 0.0590 e. The molecule has 0 aromatic rings. The molecule has 0 bridgehead atoms. The Labute approximate surface area is 114 Å². The standard InChI is InChI=1S/C15H34N2O/c1-6-8-9-10-15(4,13-16)17(11-12-18-5)14(3)7-2/h14H,6-13,16H2,1-5H3. The van der Waals surface area contributed by atoms with Crippen LogP contribution in [0.1, 0.15) is 59.8 Å². The van der Waals surface area contributed by atoms with Crippen LogP contribution in [0.2, 0.25) is 0 Å². The summed E-state index contributed by atoms with van der Waals surface area (Å²) in [4.78, 5) is 2.55. The van der Waals surface area contributed by atoms with Crippen LogP contribution in [-0.4, -0.2) is 43.3 Å². The van der Waals surface area contributed by atoms with Crippen LogP contribution >= 0.6 is 0 Å². The Kier molecular flexibility index (Phi) is 9.70. The number of hydrogen-bond donors (Lipinski definition) is 1. The molecule has 0 aliphatic carbocycles. The quantitative estimate of drug-likeness (QED) is 0.579. The van der Waals surface area contributed by atoms with E-state index < -0.39 is 0 Å². The second-order valence-corrected chi connectivity index (χ2v) is 5.60. The first-order valence-electron chi connectivity index (χ1n) is 7.51. The molecule has 3 heteroatoms. The van der Waals surface area contributed by atoms with Crippen molar-refractivity contribution in [3.05, 3.63) is 0 Å². The third-order valence-electron chi connectivity index (χ3n) is 4.11. The van der Waals surface area contributed by atoms with Gasteiger partial charge in [0.05, 0.1) is 6.61 Å². The first kappa shape index (κ1) is 17.9. The SMILES string of the molecule is CCCCCC(C)(CN)N(CCOC)C(C)CC. The minimum atomic E-state index is 0.114. The second kappa shape index (κ2) is 9.76. The predicted molar refractivity (Wildman–Crippen MR) is 79.9 cm³/mol. The fraction of sp³-hybridized carbons (Fsp3) is 1.00. The molecule has 18 heavy (non-hydrogen) atoms. The Hall–Kier alpha value is -0.120. The molecule has 0 rings (SSSR count). The van der Waals surface area contributed by atoms with Crippen molar-refractivity contribution in [3.8, 4) is 0 Å². The van der Waals surface area contributed by atoms with Gasteiger partial charge >= 0.3 is 0 Å². The fourth-order valence-corrected chi connectivity index (χ4v) is 2.55. The number of ether oxygens (including phenoxy) is 1. The van der Waals surface area contributed by atoms with Crippen LogP contribution < -0.4 is 5.73 Å². The zero-order chi connectivity index (χ0) is 14.0.